The summed E-state index contributed by atoms with van der Waals surface area (Å²) in [7, 11) is 1.63. The van der Waals surface area contributed by atoms with Crippen LogP contribution in [0.5, 0.6) is 0 Å². The summed E-state index contributed by atoms with van der Waals surface area (Å²) in [6.07, 6.45) is -5.13. The third kappa shape index (κ3) is 6.62. The first kappa shape index (κ1) is 17.5. The number of benzene rings is 1. The van der Waals surface area contributed by atoms with Crippen molar-refractivity contribution in [1.82, 2.24) is 4.90 Å². The molecule has 0 aromatic heterocycles. The second-order valence-electron chi connectivity index (χ2n) is 5.18. The van der Waals surface area contributed by atoms with Crippen LogP contribution in [0.1, 0.15) is 35.7 Å². The van der Waals surface area contributed by atoms with Crippen LogP contribution in [0, 0.1) is 0 Å². The molecule has 0 spiro atoms. The molecule has 1 amide bonds. The van der Waals surface area contributed by atoms with Crippen molar-refractivity contribution >= 4 is 5.91 Å². The molecular formula is C15H20F3NO2. The zero-order valence-corrected chi connectivity index (χ0v) is 12.2. The second kappa shape index (κ2) is 7.45. The minimum atomic E-state index is -4.17. The fourth-order valence-electron chi connectivity index (χ4n) is 1.80. The van der Waals surface area contributed by atoms with Gasteiger partial charge in [-0.3, -0.25) is 4.79 Å². The van der Waals surface area contributed by atoms with Crippen LogP contribution in [-0.4, -0.2) is 41.8 Å². The number of rotatable bonds is 6. The lowest BCUT2D eigenvalue weighted by atomic mass is 10.1. The van der Waals surface area contributed by atoms with Crippen molar-refractivity contribution in [3.05, 3.63) is 35.4 Å². The number of aliphatic hydroxyl groups excluding tert-OH is 1. The topological polar surface area (TPSA) is 40.5 Å². The first-order valence-corrected chi connectivity index (χ1v) is 6.78. The van der Waals surface area contributed by atoms with Gasteiger partial charge in [-0.15, -0.1) is 0 Å². The van der Waals surface area contributed by atoms with E-state index in [0.717, 1.165) is 0 Å². The van der Waals surface area contributed by atoms with Crippen LogP contribution < -0.4 is 0 Å². The Kier molecular flexibility index (Phi) is 6.20. The zero-order chi connectivity index (χ0) is 16.0. The van der Waals surface area contributed by atoms with Gasteiger partial charge in [0.2, 0.25) is 0 Å². The minimum absolute atomic E-state index is 0.0875. The molecule has 21 heavy (non-hydrogen) atoms. The number of alkyl halides is 3. The Balaban J connectivity index is 2.58. The maximum Gasteiger partial charge on any atom is 0.389 e. The Morgan fingerprint density at radius 2 is 1.86 bits per heavy atom. The zero-order valence-electron chi connectivity index (χ0n) is 12.2. The molecule has 0 saturated carbocycles. The first-order chi connectivity index (χ1) is 9.69. The first-order valence-electron chi connectivity index (χ1n) is 6.78. The van der Waals surface area contributed by atoms with Gasteiger partial charge < -0.3 is 10.0 Å². The van der Waals surface area contributed by atoms with E-state index in [1.165, 1.54) is 17.0 Å². The van der Waals surface area contributed by atoms with Gasteiger partial charge in [0.05, 0.1) is 6.10 Å². The molecule has 1 unspecified atom stereocenters. The number of hydrogen-bond acceptors (Lipinski definition) is 2. The number of aryl methyl sites for hydroxylation is 1. The number of amides is 1. The fraction of sp³-hybridized carbons (Fsp3) is 0.533. The Labute approximate surface area is 122 Å². The highest BCUT2D eigenvalue weighted by Crippen LogP contribution is 2.22. The van der Waals surface area contributed by atoms with Gasteiger partial charge in [-0.2, -0.15) is 13.2 Å². The summed E-state index contributed by atoms with van der Waals surface area (Å²) < 4.78 is 36.4. The predicted molar refractivity (Wildman–Crippen MR) is 74.1 cm³/mol. The summed E-state index contributed by atoms with van der Waals surface area (Å²) in [4.78, 5) is 13.5. The molecule has 0 radical (unpaired) electrons. The van der Waals surface area contributed by atoms with E-state index in [1.54, 1.807) is 26.1 Å². The highest BCUT2D eigenvalue weighted by atomic mass is 19.4. The van der Waals surface area contributed by atoms with Crippen molar-refractivity contribution in [2.45, 2.75) is 38.5 Å². The third-order valence-corrected chi connectivity index (χ3v) is 3.13. The SMILES string of the molecule is CC(O)CCN(C)C(=O)c1ccc(CCC(F)(F)F)cc1. The van der Waals surface area contributed by atoms with Crippen molar-refractivity contribution in [2.75, 3.05) is 13.6 Å². The van der Waals surface area contributed by atoms with Gasteiger partial charge in [-0.1, -0.05) is 12.1 Å². The molecule has 0 heterocycles. The lowest BCUT2D eigenvalue weighted by Crippen LogP contribution is -2.29. The van der Waals surface area contributed by atoms with E-state index in [9.17, 15) is 23.1 Å². The van der Waals surface area contributed by atoms with Crippen LogP contribution in [0.25, 0.3) is 0 Å². The van der Waals surface area contributed by atoms with Crippen LogP contribution in [0.4, 0.5) is 13.2 Å². The summed E-state index contributed by atoms with van der Waals surface area (Å²) >= 11 is 0. The smallest absolute Gasteiger partial charge is 0.389 e. The highest BCUT2D eigenvalue weighted by Gasteiger charge is 2.26. The summed E-state index contributed by atoms with van der Waals surface area (Å²) in [5.41, 5.74) is 0.981. The fourth-order valence-corrected chi connectivity index (χ4v) is 1.80. The Morgan fingerprint density at radius 1 is 1.29 bits per heavy atom. The van der Waals surface area contributed by atoms with E-state index in [0.29, 0.717) is 24.1 Å². The highest BCUT2D eigenvalue weighted by molar-refractivity contribution is 5.94. The van der Waals surface area contributed by atoms with Crippen LogP contribution in [0.3, 0.4) is 0 Å². The summed E-state index contributed by atoms with van der Waals surface area (Å²) in [5.74, 6) is -0.210. The van der Waals surface area contributed by atoms with Gasteiger partial charge >= 0.3 is 6.18 Å². The lowest BCUT2D eigenvalue weighted by Gasteiger charge is -2.18. The van der Waals surface area contributed by atoms with E-state index in [-0.39, 0.29) is 12.3 Å². The number of nitrogens with zero attached hydrogens (tertiary/aromatic N) is 1. The number of halogens is 3. The largest absolute Gasteiger partial charge is 0.393 e. The van der Waals surface area contributed by atoms with Crippen LogP contribution in [0.2, 0.25) is 0 Å². The maximum absolute atomic E-state index is 12.1. The van der Waals surface area contributed by atoms with Crippen LogP contribution in [-0.2, 0) is 6.42 Å². The van der Waals surface area contributed by atoms with Gasteiger partial charge in [0.1, 0.15) is 0 Å². The minimum Gasteiger partial charge on any atom is -0.393 e. The van der Waals surface area contributed by atoms with E-state index in [2.05, 4.69) is 0 Å². The monoisotopic (exact) mass is 303 g/mol. The third-order valence-electron chi connectivity index (χ3n) is 3.13. The quantitative estimate of drug-likeness (QED) is 0.877. The summed E-state index contributed by atoms with van der Waals surface area (Å²) in [5, 5.41) is 9.18. The normalized spacial score (nSPS) is 13.0. The van der Waals surface area contributed by atoms with Gasteiger partial charge in [0, 0.05) is 25.6 Å². The lowest BCUT2D eigenvalue weighted by molar-refractivity contribution is -0.134. The molecule has 6 heteroatoms. The van der Waals surface area contributed by atoms with Crippen molar-refractivity contribution in [3.63, 3.8) is 0 Å². The molecule has 3 nitrogen and oxygen atoms in total. The molecule has 1 aromatic carbocycles. The number of carbonyl (C=O) groups excluding carboxylic acids is 1. The second-order valence-corrected chi connectivity index (χ2v) is 5.18. The number of hydrogen-bond donors (Lipinski definition) is 1. The van der Waals surface area contributed by atoms with E-state index in [4.69, 9.17) is 0 Å². The molecule has 0 saturated heterocycles. The maximum atomic E-state index is 12.1. The molecule has 1 rings (SSSR count). The van der Waals surface area contributed by atoms with Crippen molar-refractivity contribution in [1.29, 1.82) is 0 Å². The van der Waals surface area contributed by atoms with E-state index in [1.807, 2.05) is 0 Å². The number of carbonyl (C=O) groups is 1. The Hall–Kier alpha value is -1.56. The molecule has 1 N–H and O–H groups in total. The Morgan fingerprint density at radius 3 is 2.33 bits per heavy atom. The summed E-state index contributed by atoms with van der Waals surface area (Å²) in [6.45, 7) is 2.07. The predicted octanol–water partition coefficient (Wildman–Crippen LogP) is 3.02. The standard InChI is InChI=1S/C15H20F3NO2/c1-11(20)8-10-19(2)14(21)13-5-3-12(4-6-13)7-9-15(16,17)18/h3-6,11,20H,7-10H2,1-2H3. The molecule has 1 aromatic rings. The molecule has 1 atom stereocenters. The average Bonchev–Trinajstić information content (AvgIpc) is 2.41. The van der Waals surface area contributed by atoms with Crippen LogP contribution in [0.15, 0.2) is 24.3 Å². The summed E-state index contributed by atoms with van der Waals surface area (Å²) in [6, 6.07) is 6.16. The van der Waals surface area contributed by atoms with Crippen LogP contribution >= 0.6 is 0 Å². The molecule has 118 valence electrons. The van der Waals surface area contributed by atoms with Gasteiger partial charge in [0.25, 0.3) is 5.91 Å². The van der Waals surface area contributed by atoms with Crippen molar-refractivity contribution < 1.29 is 23.1 Å². The molecule has 0 aliphatic rings. The molecule has 0 fully saturated rings. The molecule has 0 aliphatic heterocycles. The molecule has 0 bridgehead atoms. The van der Waals surface area contributed by atoms with Crippen molar-refractivity contribution in [2.24, 2.45) is 0 Å². The molecule has 0 aliphatic carbocycles. The average molecular weight is 303 g/mol. The van der Waals surface area contributed by atoms with E-state index < -0.39 is 18.7 Å². The van der Waals surface area contributed by atoms with E-state index >= 15 is 0 Å². The van der Waals surface area contributed by atoms with Gasteiger partial charge in [-0.25, -0.2) is 0 Å². The van der Waals surface area contributed by atoms with Gasteiger partial charge in [0.15, 0.2) is 0 Å². The Bertz CT molecular complexity index is 455. The van der Waals surface area contributed by atoms with Gasteiger partial charge in [-0.05, 0) is 37.5 Å². The van der Waals surface area contributed by atoms with Crippen molar-refractivity contribution in [3.8, 4) is 0 Å². The number of aliphatic hydroxyl groups is 1. The molecular weight excluding hydrogens is 283 g/mol.